The van der Waals surface area contributed by atoms with E-state index >= 15 is 0 Å². The van der Waals surface area contributed by atoms with Crippen molar-refractivity contribution in [2.24, 2.45) is 0 Å². The van der Waals surface area contributed by atoms with Crippen molar-refractivity contribution in [1.82, 2.24) is 0 Å². The van der Waals surface area contributed by atoms with E-state index in [1.807, 2.05) is 0 Å². The Balaban J connectivity index is 2.17. The monoisotopic (exact) mass is 420 g/mol. The average molecular weight is 420 g/mol. The summed E-state index contributed by atoms with van der Waals surface area (Å²) in [4.78, 5) is 0. The molecule has 0 bridgehead atoms. The van der Waals surface area contributed by atoms with Crippen LogP contribution in [0.15, 0.2) is 47.2 Å². The minimum Gasteiger partial charge on any atom is -0.223 e. The van der Waals surface area contributed by atoms with Gasteiger partial charge in [0.2, 0.25) is 0 Å². The second-order valence-corrected chi connectivity index (χ2v) is 9.52. The molecule has 0 saturated heterocycles. The van der Waals surface area contributed by atoms with Gasteiger partial charge in [-0.25, -0.2) is 34.4 Å². The largest absolute Gasteiger partial charge is 0.223 e. The Kier molecular flexibility index (Phi) is 6.22. The third kappa shape index (κ3) is 6.33. The molecule has 27 heavy (non-hydrogen) atoms. The van der Waals surface area contributed by atoms with Crippen LogP contribution in [-0.2, 0) is 19.7 Å². The van der Waals surface area contributed by atoms with Gasteiger partial charge in [-0.05, 0) is 36.4 Å². The zero-order chi connectivity index (χ0) is 20.2. The topological polar surface area (TPSA) is 68.3 Å². The number of hydrogen-bond acceptors (Lipinski definition) is 4. The second kappa shape index (κ2) is 8.05. The highest BCUT2D eigenvalue weighted by Crippen LogP contribution is 2.15. The Bertz CT molecular complexity index is 1030. The first-order valence-electron chi connectivity index (χ1n) is 7.19. The van der Waals surface area contributed by atoms with Gasteiger partial charge in [0.15, 0.2) is 24.8 Å². The summed E-state index contributed by atoms with van der Waals surface area (Å²) in [5, 5.41) is -0.390. The van der Waals surface area contributed by atoms with Crippen LogP contribution in [0.4, 0.5) is 17.6 Å². The lowest BCUT2D eigenvalue weighted by molar-refractivity contribution is 0.581. The zero-order valence-electron chi connectivity index (χ0n) is 13.4. The minimum atomic E-state index is -4.32. The Morgan fingerprint density at radius 3 is 1.37 bits per heavy atom. The van der Waals surface area contributed by atoms with Gasteiger partial charge in [-0.3, -0.25) is 0 Å². The van der Waals surface area contributed by atoms with Crippen LogP contribution in [0.2, 0.25) is 0 Å². The average Bonchev–Trinajstić information content (AvgIpc) is 2.52. The second-order valence-electron chi connectivity index (χ2n) is 5.38. The van der Waals surface area contributed by atoms with Gasteiger partial charge in [-0.15, -0.1) is 0 Å². The first-order valence-corrected chi connectivity index (χ1v) is 10.6. The van der Waals surface area contributed by atoms with Crippen LogP contribution in [0.25, 0.3) is 12.2 Å². The van der Waals surface area contributed by atoms with Crippen LogP contribution in [0.1, 0.15) is 11.1 Å². The molecule has 0 aliphatic heterocycles. The summed E-state index contributed by atoms with van der Waals surface area (Å²) in [6, 6.07) is 4.88. The van der Waals surface area contributed by atoms with Gasteiger partial charge in [0.1, 0.15) is 23.3 Å². The van der Waals surface area contributed by atoms with Crippen LogP contribution >= 0.6 is 0 Å². The van der Waals surface area contributed by atoms with Crippen molar-refractivity contribution in [1.29, 1.82) is 0 Å². The lowest BCUT2D eigenvalue weighted by Gasteiger charge is -2.00. The Morgan fingerprint density at radius 1 is 0.667 bits per heavy atom. The minimum absolute atomic E-state index is 0.249. The summed E-state index contributed by atoms with van der Waals surface area (Å²) in [7, 11) is -8.64. The summed E-state index contributed by atoms with van der Waals surface area (Å²) in [5.74, 6) is -3.74. The van der Waals surface area contributed by atoms with E-state index in [4.69, 9.17) is 0 Å². The van der Waals surface area contributed by atoms with E-state index in [2.05, 4.69) is 0 Å². The van der Waals surface area contributed by atoms with Crippen molar-refractivity contribution < 1.29 is 34.4 Å². The molecule has 0 unspecified atom stereocenters. The standard InChI is InChI=1S/C17H12F4O4S2/c18-14-3-1-12(16(20)9-14)5-7-26(22,23)11-27(24,25)8-6-13-2-4-15(19)10-17(13)21/h1-10H,11H2/b7-5-,8-6?. The number of hydrogen-bond donors (Lipinski definition) is 0. The fourth-order valence-corrected chi connectivity index (χ4v) is 5.10. The lowest BCUT2D eigenvalue weighted by Crippen LogP contribution is -2.11. The van der Waals surface area contributed by atoms with Crippen LogP contribution in [0, 0.1) is 23.3 Å². The third-order valence-corrected chi connectivity index (χ3v) is 6.89. The molecule has 0 fully saturated rings. The molecule has 0 aliphatic rings. The molecule has 4 nitrogen and oxygen atoms in total. The van der Waals surface area contributed by atoms with E-state index in [-0.39, 0.29) is 11.1 Å². The Morgan fingerprint density at radius 2 is 1.04 bits per heavy atom. The summed E-state index contributed by atoms with van der Waals surface area (Å²) in [5.41, 5.74) is -0.498. The quantitative estimate of drug-likeness (QED) is 0.669. The molecule has 0 N–H and O–H groups in total. The summed E-state index contributed by atoms with van der Waals surface area (Å²) < 4.78 is 100. The van der Waals surface area contributed by atoms with Gasteiger partial charge in [0, 0.05) is 34.1 Å². The molecular formula is C17H12F4O4S2. The maximum Gasteiger partial charge on any atom is 0.186 e. The molecule has 0 heterocycles. The molecule has 144 valence electrons. The molecule has 0 spiro atoms. The number of sulfone groups is 2. The first-order chi connectivity index (χ1) is 12.5. The van der Waals surface area contributed by atoms with Crippen molar-refractivity contribution in [3.63, 3.8) is 0 Å². The van der Waals surface area contributed by atoms with Gasteiger partial charge in [0.05, 0.1) is 0 Å². The fraction of sp³-hybridized carbons (Fsp3) is 0.0588. The molecule has 2 rings (SSSR count). The number of rotatable bonds is 6. The Hall–Kier alpha value is -2.46. The lowest BCUT2D eigenvalue weighted by atomic mass is 10.2. The van der Waals surface area contributed by atoms with Crippen molar-refractivity contribution in [3.05, 3.63) is 81.6 Å². The molecule has 0 aromatic heterocycles. The van der Waals surface area contributed by atoms with Gasteiger partial charge in [0.25, 0.3) is 0 Å². The van der Waals surface area contributed by atoms with Gasteiger partial charge >= 0.3 is 0 Å². The number of benzene rings is 2. The predicted octanol–water partition coefficient (Wildman–Crippen LogP) is 3.67. The van der Waals surface area contributed by atoms with Crippen LogP contribution < -0.4 is 0 Å². The van der Waals surface area contributed by atoms with Gasteiger partial charge < -0.3 is 0 Å². The highest BCUT2D eigenvalue weighted by molar-refractivity contribution is 8.10. The van der Waals surface area contributed by atoms with E-state index < -0.39 is 48.0 Å². The zero-order valence-corrected chi connectivity index (χ0v) is 15.1. The molecule has 0 radical (unpaired) electrons. The SMILES string of the molecule is O=S(=O)(C=Cc1ccc(F)cc1F)CS(=O)(=O)/C=C\c1ccc(F)cc1F. The molecule has 0 atom stereocenters. The Labute approximate surface area is 153 Å². The van der Waals surface area contributed by atoms with Crippen molar-refractivity contribution in [2.45, 2.75) is 0 Å². The molecule has 2 aromatic carbocycles. The highest BCUT2D eigenvalue weighted by atomic mass is 32.3. The van der Waals surface area contributed by atoms with E-state index in [1.54, 1.807) is 0 Å². The maximum atomic E-state index is 13.5. The van der Waals surface area contributed by atoms with Crippen molar-refractivity contribution >= 4 is 31.8 Å². The summed E-state index contributed by atoms with van der Waals surface area (Å²) in [6.07, 6.45) is 1.59. The van der Waals surface area contributed by atoms with E-state index in [1.165, 1.54) is 0 Å². The van der Waals surface area contributed by atoms with Gasteiger partial charge in [-0.2, -0.15) is 0 Å². The van der Waals surface area contributed by atoms with E-state index in [0.29, 0.717) is 22.9 Å². The third-order valence-electron chi connectivity index (χ3n) is 3.16. The normalized spacial score (nSPS) is 12.9. The van der Waals surface area contributed by atoms with Gasteiger partial charge in [-0.1, -0.05) is 0 Å². The van der Waals surface area contributed by atoms with E-state index in [9.17, 15) is 34.4 Å². The maximum absolute atomic E-state index is 13.5. The summed E-state index contributed by atoms with van der Waals surface area (Å²) >= 11 is 0. The highest BCUT2D eigenvalue weighted by Gasteiger charge is 2.18. The van der Waals surface area contributed by atoms with Crippen molar-refractivity contribution in [2.75, 3.05) is 5.08 Å². The van der Waals surface area contributed by atoms with Crippen molar-refractivity contribution in [3.8, 4) is 0 Å². The molecule has 0 saturated carbocycles. The molecule has 10 heteroatoms. The molecular weight excluding hydrogens is 408 g/mol. The molecule has 2 aromatic rings. The molecule has 0 aliphatic carbocycles. The fourth-order valence-electron chi connectivity index (χ4n) is 1.93. The van der Waals surface area contributed by atoms with Crippen LogP contribution in [0.5, 0.6) is 0 Å². The molecule has 0 amide bonds. The van der Waals surface area contributed by atoms with Crippen LogP contribution in [0.3, 0.4) is 0 Å². The van der Waals surface area contributed by atoms with E-state index in [0.717, 1.165) is 36.4 Å². The summed E-state index contributed by atoms with van der Waals surface area (Å²) in [6.45, 7) is 0. The first kappa shape index (κ1) is 20.8. The number of halogens is 4. The van der Waals surface area contributed by atoms with Crippen LogP contribution in [-0.4, -0.2) is 21.9 Å². The smallest absolute Gasteiger partial charge is 0.186 e. The predicted molar refractivity (Wildman–Crippen MR) is 93.5 cm³/mol.